The highest BCUT2D eigenvalue weighted by atomic mass is 32.1. The largest absolute Gasteiger partial charge is 0.370 e. The van der Waals surface area contributed by atoms with Gasteiger partial charge in [-0.25, -0.2) is 4.79 Å². The minimum absolute atomic E-state index is 0.408. The number of aromatic nitrogens is 3. The molecule has 5 nitrogen and oxygen atoms in total. The van der Waals surface area contributed by atoms with Gasteiger partial charge in [0.2, 0.25) is 0 Å². The average molecular weight is 366 g/mol. The van der Waals surface area contributed by atoms with E-state index in [2.05, 4.69) is 35.0 Å². The smallest absolute Gasteiger partial charge is 0.368 e. The predicted octanol–water partition coefficient (Wildman–Crippen LogP) is 4.19. The number of para-hydroxylation sites is 1. The Kier molecular flexibility index (Phi) is 6.07. The fraction of sp³-hybridized carbons (Fsp3) is 0.250. The van der Waals surface area contributed by atoms with Crippen LogP contribution in [0.15, 0.2) is 64.3 Å². The van der Waals surface area contributed by atoms with Crippen molar-refractivity contribution in [3.8, 4) is 16.9 Å². The van der Waals surface area contributed by atoms with Crippen LogP contribution in [0.2, 0.25) is 0 Å². The van der Waals surface area contributed by atoms with Crippen LogP contribution in [0, 0.1) is 0 Å². The Bertz CT molecular complexity index is 925. The number of nitrogens with one attached hydrogen (secondary N) is 1. The molecule has 3 aromatic rings. The lowest BCUT2D eigenvalue weighted by Gasteiger charge is -2.13. The van der Waals surface area contributed by atoms with Crippen LogP contribution in [0.5, 0.6) is 0 Å². The zero-order valence-electron chi connectivity index (χ0n) is 14.7. The van der Waals surface area contributed by atoms with Crippen molar-refractivity contribution < 1.29 is 0 Å². The van der Waals surface area contributed by atoms with E-state index in [0.29, 0.717) is 17.2 Å². The van der Waals surface area contributed by atoms with Crippen molar-refractivity contribution in [2.45, 2.75) is 31.1 Å². The Morgan fingerprint density at radius 3 is 2.50 bits per heavy atom. The van der Waals surface area contributed by atoms with Gasteiger partial charge >= 0.3 is 5.69 Å². The van der Waals surface area contributed by atoms with E-state index in [0.717, 1.165) is 36.3 Å². The first-order valence-corrected chi connectivity index (χ1v) is 9.24. The predicted molar refractivity (Wildman–Crippen MR) is 108 cm³/mol. The Balaban J connectivity index is 2.08. The number of nitrogens with zero attached hydrogens (tertiary/aromatic N) is 3. The lowest BCUT2D eigenvalue weighted by atomic mass is 10.1. The van der Waals surface area contributed by atoms with E-state index >= 15 is 0 Å². The molecule has 0 bridgehead atoms. The fourth-order valence-corrected chi connectivity index (χ4v) is 2.95. The lowest BCUT2D eigenvalue weighted by Crippen LogP contribution is -2.26. The van der Waals surface area contributed by atoms with Crippen LogP contribution in [-0.2, 0) is 0 Å². The lowest BCUT2D eigenvalue weighted by molar-refractivity contribution is 0.733. The third kappa shape index (κ3) is 4.14. The molecular formula is C20H22N4OS. The summed E-state index contributed by atoms with van der Waals surface area (Å²) in [5, 5.41) is 7.88. The molecule has 26 heavy (non-hydrogen) atoms. The molecule has 0 saturated heterocycles. The second-order valence-electron chi connectivity index (χ2n) is 5.99. The van der Waals surface area contributed by atoms with Gasteiger partial charge in [0, 0.05) is 17.0 Å². The average Bonchev–Trinajstić information content (AvgIpc) is 2.67. The number of hydrogen-bond acceptors (Lipinski definition) is 5. The molecule has 6 heteroatoms. The van der Waals surface area contributed by atoms with E-state index in [1.807, 2.05) is 54.6 Å². The summed E-state index contributed by atoms with van der Waals surface area (Å²) in [5.74, 6) is 0.500. The van der Waals surface area contributed by atoms with Crippen molar-refractivity contribution >= 4 is 18.4 Å². The summed E-state index contributed by atoms with van der Waals surface area (Å²) in [4.78, 5) is 17.6. The summed E-state index contributed by atoms with van der Waals surface area (Å²) < 4.78 is 1.33. The SMILES string of the molecule is CCCCCNc1nc(=O)n(-c2ccccc2)nc1-c1ccccc1S. The molecule has 0 aliphatic rings. The molecule has 3 rings (SSSR count). The van der Waals surface area contributed by atoms with Crippen LogP contribution < -0.4 is 11.0 Å². The normalized spacial score (nSPS) is 10.7. The molecule has 0 unspecified atom stereocenters. The van der Waals surface area contributed by atoms with Crippen molar-refractivity contribution in [1.29, 1.82) is 0 Å². The van der Waals surface area contributed by atoms with Crippen LogP contribution in [0.3, 0.4) is 0 Å². The molecule has 0 aliphatic heterocycles. The fourth-order valence-electron chi connectivity index (χ4n) is 2.68. The Morgan fingerprint density at radius 2 is 1.77 bits per heavy atom. The third-order valence-electron chi connectivity index (χ3n) is 4.05. The van der Waals surface area contributed by atoms with Crippen LogP contribution >= 0.6 is 12.6 Å². The standard InChI is InChI=1S/C20H22N4OS/c1-2-3-9-14-21-19-18(16-12-7-8-13-17(16)26)23-24(20(25)22-19)15-10-5-4-6-11-15/h4-8,10-13,26H,2-3,9,14H2,1H3,(H,21,22,25). The first-order valence-electron chi connectivity index (χ1n) is 8.79. The van der Waals surface area contributed by atoms with Crippen LogP contribution in [0.25, 0.3) is 16.9 Å². The maximum absolute atomic E-state index is 12.5. The molecule has 1 heterocycles. The monoisotopic (exact) mass is 366 g/mol. The number of hydrogen-bond donors (Lipinski definition) is 2. The summed E-state index contributed by atoms with van der Waals surface area (Å²) in [7, 11) is 0. The maximum atomic E-state index is 12.5. The Morgan fingerprint density at radius 1 is 1.04 bits per heavy atom. The number of anilines is 1. The van der Waals surface area contributed by atoms with Crippen LogP contribution in [-0.4, -0.2) is 21.3 Å². The Labute approximate surface area is 158 Å². The van der Waals surface area contributed by atoms with Gasteiger partial charge in [0.15, 0.2) is 5.82 Å². The number of rotatable bonds is 7. The zero-order valence-corrected chi connectivity index (χ0v) is 15.6. The zero-order chi connectivity index (χ0) is 18.4. The van der Waals surface area contributed by atoms with E-state index in [1.165, 1.54) is 4.68 Å². The van der Waals surface area contributed by atoms with Crippen molar-refractivity contribution in [3.63, 3.8) is 0 Å². The number of benzene rings is 2. The molecule has 0 amide bonds. The second kappa shape index (κ2) is 8.67. The van der Waals surface area contributed by atoms with E-state index in [9.17, 15) is 4.79 Å². The van der Waals surface area contributed by atoms with Crippen molar-refractivity contribution in [3.05, 3.63) is 65.1 Å². The van der Waals surface area contributed by atoms with Gasteiger partial charge in [0.25, 0.3) is 0 Å². The number of thiol groups is 1. The molecule has 1 aromatic heterocycles. The summed E-state index contributed by atoms with van der Waals surface area (Å²) in [6, 6.07) is 17.0. The molecule has 1 N–H and O–H groups in total. The third-order valence-corrected chi connectivity index (χ3v) is 4.44. The second-order valence-corrected chi connectivity index (χ2v) is 6.47. The van der Waals surface area contributed by atoms with Crippen LogP contribution in [0.4, 0.5) is 5.82 Å². The molecule has 0 saturated carbocycles. The van der Waals surface area contributed by atoms with Gasteiger partial charge in [-0.15, -0.1) is 12.6 Å². The van der Waals surface area contributed by atoms with E-state index in [1.54, 1.807) is 0 Å². The van der Waals surface area contributed by atoms with Crippen molar-refractivity contribution in [2.24, 2.45) is 0 Å². The minimum Gasteiger partial charge on any atom is -0.368 e. The first kappa shape index (κ1) is 18.2. The summed E-state index contributed by atoms with van der Waals surface area (Å²) >= 11 is 4.55. The summed E-state index contributed by atoms with van der Waals surface area (Å²) in [6.45, 7) is 2.91. The van der Waals surface area contributed by atoms with E-state index in [-0.39, 0.29) is 0 Å². The molecule has 0 aliphatic carbocycles. The summed E-state index contributed by atoms with van der Waals surface area (Å²) in [6.07, 6.45) is 3.28. The van der Waals surface area contributed by atoms with Crippen LogP contribution in [0.1, 0.15) is 26.2 Å². The molecular weight excluding hydrogens is 344 g/mol. The Hall–Kier alpha value is -2.60. The van der Waals surface area contributed by atoms with Gasteiger partial charge in [-0.2, -0.15) is 14.8 Å². The molecule has 0 fully saturated rings. The summed E-state index contributed by atoms with van der Waals surface area (Å²) in [5.41, 5.74) is 1.73. The van der Waals surface area contributed by atoms with Crippen molar-refractivity contribution in [1.82, 2.24) is 14.8 Å². The number of unbranched alkanes of at least 4 members (excludes halogenated alkanes) is 2. The van der Waals surface area contributed by atoms with E-state index in [4.69, 9.17) is 0 Å². The molecule has 134 valence electrons. The molecule has 2 aromatic carbocycles. The molecule has 0 radical (unpaired) electrons. The van der Waals surface area contributed by atoms with Crippen molar-refractivity contribution in [2.75, 3.05) is 11.9 Å². The van der Waals surface area contributed by atoms with Gasteiger partial charge in [0.1, 0.15) is 5.69 Å². The topological polar surface area (TPSA) is 59.8 Å². The minimum atomic E-state index is -0.408. The highest BCUT2D eigenvalue weighted by Crippen LogP contribution is 2.28. The highest BCUT2D eigenvalue weighted by Gasteiger charge is 2.15. The molecule has 0 atom stereocenters. The van der Waals surface area contributed by atoms with Gasteiger partial charge in [0.05, 0.1) is 5.69 Å². The molecule has 0 spiro atoms. The maximum Gasteiger partial charge on any atom is 0.370 e. The van der Waals surface area contributed by atoms with Gasteiger partial charge in [-0.3, -0.25) is 0 Å². The van der Waals surface area contributed by atoms with Gasteiger partial charge < -0.3 is 5.32 Å². The van der Waals surface area contributed by atoms with E-state index < -0.39 is 5.69 Å². The highest BCUT2D eigenvalue weighted by molar-refractivity contribution is 7.80. The first-order chi connectivity index (χ1) is 12.7. The quantitative estimate of drug-likeness (QED) is 0.486. The van der Waals surface area contributed by atoms with Gasteiger partial charge in [-0.05, 0) is 24.6 Å². The van der Waals surface area contributed by atoms with Gasteiger partial charge in [-0.1, -0.05) is 56.2 Å².